The van der Waals surface area contributed by atoms with Crippen molar-refractivity contribution >= 4 is 49.1 Å². The fourth-order valence-corrected chi connectivity index (χ4v) is 6.43. The van der Waals surface area contributed by atoms with Gasteiger partial charge in [-0.15, -0.1) is 10.2 Å². The van der Waals surface area contributed by atoms with Crippen molar-refractivity contribution in [1.29, 1.82) is 5.26 Å². The number of alkyl halides is 2. The Morgan fingerprint density at radius 1 is 1.28 bits per heavy atom. The first-order valence-electron chi connectivity index (χ1n) is 11.7. The largest absolute Gasteiger partial charge is 0.357 e. The van der Waals surface area contributed by atoms with Crippen LogP contribution in [0, 0.1) is 11.3 Å². The average molecular weight is 571 g/mol. The van der Waals surface area contributed by atoms with Crippen LogP contribution >= 0.6 is 11.3 Å². The number of likely N-dealkylation sites (N-methyl/N-ethyl adjacent to an activating group) is 1. The normalized spacial score (nSPS) is 14.7. The summed E-state index contributed by atoms with van der Waals surface area (Å²) in [6.45, 7) is 1.19. The molecule has 1 N–H and O–H groups in total. The molecule has 0 spiro atoms. The number of anilines is 1. The molecule has 16 heteroatoms. The lowest BCUT2D eigenvalue weighted by atomic mass is 10.2. The van der Waals surface area contributed by atoms with Crippen LogP contribution in [0.3, 0.4) is 0 Å². The number of benzene rings is 1. The van der Waals surface area contributed by atoms with E-state index >= 15 is 0 Å². The molecule has 0 bridgehead atoms. The van der Waals surface area contributed by atoms with E-state index in [0.717, 1.165) is 0 Å². The van der Waals surface area contributed by atoms with Gasteiger partial charge in [0.15, 0.2) is 10.7 Å². The van der Waals surface area contributed by atoms with Crippen LogP contribution in [0.15, 0.2) is 48.1 Å². The van der Waals surface area contributed by atoms with E-state index in [1.54, 1.807) is 18.6 Å². The summed E-state index contributed by atoms with van der Waals surface area (Å²) in [5.41, 5.74) is -0.376. The molecule has 4 aromatic heterocycles. The van der Waals surface area contributed by atoms with Gasteiger partial charge in [0, 0.05) is 37.9 Å². The van der Waals surface area contributed by atoms with Gasteiger partial charge in [0.05, 0.1) is 28.2 Å². The van der Waals surface area contributed by atoms with E-state index in [1.807, 2.05) is 28.8 Å². The van der Waals surface area contributed by atoms with Crippen LogP contribution in [0.1, 0.15) is 24.3 Å². The SMILES string of the molecule is CN(CCn1ccnc1)c1ncnc2c1c1ccc(S(=O)(=O)NC3(C#N)CC3)cc1n2-c1nnc(C(F)F)s1. The predicted octanol–water partition coefficient (Wildman–Crippen LogP) is 3.03. The summed E-state index contributed by atoms with van der Waals surface area (Å²) < 4.78 is 59.0. The fourth-order valence-electron chi connectivity index (χ4n) is 4.32. The highest BCUT2D eigenvalue weighted by atomic mass is 32.2. The summed E-state index contributed by atoms with van der Waals surface area (Å²) >= 11 is 0.686. The summed E-state index contributed by atoms with van der Waals surface area (Å²) in [7, 11) is -2.19. The van der Waals surface area contributed by atoms with Crippen molar-refractivity contribution in [1.82, 2.24) is 39.0 Å². The molecule has 0 unspecified atom stereocenters. The number of aromatic nitrogens is 7. The first-order valence-corrected chi connectivity index (χ1v) is 14.0. The first kappa shape index (κ1) is 25.2. The van der Waals surface area contributed by atoms with E-state index in [9.17, 15) is 22.5 Å². The number of nitriles is 1. The Morgan fingerprint density at radius 2 is 2.10 bits per heavy atom. The lowest BCUT2D eigenvalue weighted by Crippen LogP contribution is -2.35. The average Bonchev–Trinajstić information content (AvgIpc) is 3.30. The van der Waals surface area contributed by atoms with Crippen molar-refractivity contribution in [3.05, 3.63) is 48.3 Å². The van der Waals surface area contributed by atoms with Crippen molar-refractivity contribution < 1.29 is 17.2 Å². The van der Waals surface area contributed by atoms with Crippen molar-refractivity contribution in [3.63, 3.8) is 0 Å². The molecule has 0 atom stereocenters. The standard InChI is InChI=1S/C23H20F2N10O2S2/c1-33(8-9-34-7-6-27-13-34)19-17-15-3-2-14(39(36,37)32-23(11-26)4-5-23)10-16(15)35(20(17)29-12-28-19)22-31-30-21(38-22)18(24)25/h2-3,6-7,10,12-13,18,32H,4-5,8-9H2,1H3. The third kappa shape index (κ3) is 4.47. The van der Waals surface area contributed by atoms with E-state index in [4.69, 9.17) is 0 Å². The second-order valence-corrected chi connectivity index (χ2v) is 11.8. The van der Waals surface area contributed by atoms with E-state index in [1.165, 1.54) is 23.0 Å². The van der Waals surface area contributed by atoms with Gasteiger partial charge < -0.3 is 9.47 Å². The number of halogens is 2. The molecule has 1 saturated carbocycles. The van der Waals surface area contributed by atoms with Gasteiger partial charge in [-0.05, 0) is 25.0 Å². The summed E-state index contributed by atoms with van der Waals surface area (Å²) in [6, 6.07) is 6.50. The van der Waals surface area contributed by atoms with Gasteiger partial charge in [0.1, 0.15) is 17.7 Å². The van der Waals surface area contributed by atoms with E-state index in [2.05, 4.69) is 29.9 Å². The minimum atomic E-state index is -4.06. The number of hydrogen-bond acceptors (Lipinski definition) is 10. The molecule has 0 aliphatic heterocycles. The number of imidazole rings is 1. The molecule has 4 heterocycles. The number of hydrogen-bond donors (Lipinski definition) is 1. The number of sulfonamides is 1. The van der Waals surface area contributed by atoms with Crippen molar-refractivity contribution in [3.8, 4) is 11.2 Å². The highest BCUT2D eigenvalue weighted by molar-refractivity contribution is 7.89. The van der Waals surface area contributed by atoms with E-state index in [-0.39, 0.29) is 10.0 Å². The molecule has 0 saturated heterocycles. The van der Waals surface area contributed by atoms with Crippen LogP contribution in [0.25, 0.3) is 27.1 Å². The molecule has 6 rings (SSSR count). The van der Waals surface area contributed by atoms with Gasteiger partial charge in [-0.2, -0.15) is 9.98 Å². The second kappa shape index (κ2) is 9.29. The smallest absolute Gasteiger partial charge is 0.291 e. The minimum absolute atomic E-state index is 0.0813. The van der Waals surface area contributed by atoms with Gasteiger partial charge in [0.25, 0.3) is 6.43 Å². The molecule has 5 aromatic rings. The van der Waals surface area contributed by atoms with Gasteiger partial charge in [-0.3, -0.25) is 4.57 Å². The van der Waals surface area contributed by atoms with E-state index in [0.29, 0.717) is 65.0 Å². The Bertz CT molecular complexity index is 1840. The molecule has 1 aromatic carbocycles. The fraction of sp³-hybridized carbons (Fsp3) is 0.304. The van der Waals surface area contributed by atoms with E-state index < -0.39 is 27.0 Å². The zero-order valence-corrected chi connectivity index (χ0v) is 22.0. The molecular formula is C23H20F2N10O2S2. The Labute approximate surface area is 224 Å². The van der Waals surface area contributed by atoms with Gasteiger partial charge in [0.2, 0.25) is 15.2 Å². The Hall–Kier alpha value is -4.07. The second-order valence-electron chi connectivity index (χ2n) is 9.16. The Kier molecular flexibility index (Phi) is 6.01. The lowest BCUT2D eigenvalue weighted by Gasteiger charge is -2.19. The summed E-state index contributed by atoms with van der Waals surface area (Å²) in [5, 5.41) is 17.8. The number of nitrogens with one attached hydrogen (secondary N) is 1. The lowest BCUT2D eigenvalue weighted by molar-refractivity contribution is 0.150. The monoisotopic (exact) mass is 570 g/mol. The summed E-state index contributed by atoms with van der Waals surface area (Å²) in [6.07, 6.45) is 4.64. The highest BCUT2D eigenvalue weighted by Gasteiger charge is 2.46. The van der Waals surface area contributed by atoms with Crippen LogP contribution in [-0.2, 0) is 16.6 Å². The van der Waals surface area contributed by atoms with Crippen molar-refractivity contribution in [2.75, 3.05) is 18.5 Å². The molecule has 12 nitrogen and oxygen atoms in total. The number of nitrogens with zero attached hydrogens (tertiary/aromatic N) is 9. The molecule has 0 radical (unpaired) electrons. The molecule has 200 valence electrons. The number of rotatable bonds is 9. The van der Waals surface area contributed by atoms with Crippen LogP contribution in [0.2, 0.25) is 0 Å². The third-order valence-electron chi connectivity index (χ3n) is 6.52. The predicted molar refractivity (Wildman–Crippen MR) is 138 cm³/mol. The van der Waals surface area contributed by atoms with Crippen molar-refractivity contribution in [2.24, 2.45) is 0 Å². The van der Waals surface area contributed by atoms with Gasteiger partial charge >= 0.3 is 0 Å². The molecule has 1 aliphatic carbocycles. The maximum Gasteiger partial charge on any atom is 0.291 e. The van der Waals surface area contributed by atoms with Crippen molar-refractivity contribution in [2.45, 2.75) is 36.2 Å². The topological polar surface area (TPSA) is 148 Å². The quantitative estimate of drug-likeness (QED) is 0.282. The van der Waals surface area contributed by atoms with Crippen LogP contribution in [-0.4, -0.2) is 61.8 Å². The molecule has 39 heavy (non-hydrogen) atoms. The van der Waals surface area contributed by atoms with Crippen LogP contribution in [0.5, 0.6) is 0 Å². The Balaban J connectivity index is 1.52. The zero-order chi connectivity index (χ0) is 27.4. The summed E-state index contributed by atoms with van der Waals surface area (Å²) in [4.78, 5) is 14.8. The minimum Gasteiger partial charge on any atom is -0.357 e. The molecule has 1 fully saturated rings. The molecule has 0 amide bonds. The van der Waals surface area contributed by atoms with Gasteiger partial charge in [-0.25, -0.2) is 32.2 Å². The summed E-state index contributed by atoms with van der Waals surface area (Å²) in [5.74, 6) is 0.567. The van der Waals surface area contributed by atoms with Gasteiger partial charge in [-0.1, -0.05) is 17.4 Å². The maximum atomic E-state index is 13.4. The zero-order valence-electron chi connectivity index (χ0n) is 20.4. The van der Waals surface area contributed by atoms with Crippen LogP contribution in [0.4, 0.5) is 14.6 Å². The first-order chi connectivity index (χ1) is 18.7. The highest BCUT2D eigenvalue weighted by Crippen LogP contribution is 2.39. The molecule has 1 aliphatic rings. The van der Waals surface area contributed by atoms with Crippen LogP contribution < -0.4 is 9.62 Å². The molecular weight excluding hydrogens is 550 g/mol. The Morgan fingerprint density at radius 3 is 2.77 bits per heavy atom. The maximum absolute atomic E-state index is 13.4. The third-order valence-corrected chi connectivity index (χ3v) is 8.97. The number of fused-ring (bicyclic) bond motifs is 3.